The summed E-state index contributed by atoms with van der Waals surface area (Å²) < 4.78 is 12.7. The molecule has 0 N–H and O–H groups in total. The van der Waals surface area contributed by atoms with Crippen LogP contribution in [0.2, 0.25) is 0 Å². The minimum Gasteiger partial charge on any atom is -0.456 e. The Morgan fingerprint density at radius 1 is 0.231 bits per heavy atom. The highest BCUT2D eigenvalue weighted by Crippen LogP contribution is 2.41. The Morgan fingerprint density at radius 2 is 0.585 bits per heavy atom. The lowest BCUT2D eigenvalue weighted by molar-refractivity contribution is 0.669. The van der Waals surface area contributed by atoms with E-state index in [2.05, 4.69) is 237 Å². The molecule has 2 aromatic heterocycles. The molecule has 0 spiro atoms. The highest BCUT2D eigenvalue weighted by Gasteiger charge is 2.19. The predicted octanol–water partition coefficient (Wildman–Crippen LogP) is 17.6. The summed E-state index contributed by atoms with van der Waals surface area (Å²) in [5.74, 6) is 0.0149. The molecular weight excluding hydrogens is 789 g/mol. The molecule has 0 saturated carbocycles. The first-order valence-electron chi connectivity index (χ1n) is 22.3. The van der Waals surface area contributed by atoms with Crippen LogP contribution in [0.5, 0.6) is 0 Å². The largest absolute Gasteiger partial charge is 0.456 e. The van der Waals surface area contributed by atoms with Gasteiger partial charge in [-0.2, -0.15) is 0 Å². The van der Waals surface area contributed by atoms with E-state index < -0.39 is 0 Å². The normalized spacial score (nSPS) is 11.8. The first-order valence-corrected chi connectivity index (χ1v) is 22.3. The maximum Gasteiger partial charge on any atom is 0.136 e. The van der Waals surface area contributed by atoms with Gasteiger partial charge in [-0.25, -0.2) is 0 Å². The molecule has 0 amide bonds. The van der Waals surface area contributed by atoms with Crippen LogP contribution in [0, 0.1) is 0 Å². The Hall–Kier alpha value is -8.46. The van der Waals surface area contributed by atoms with Crippen molar-refractivity contribution in [2.75, 3.05) is 0 Å². The van der Waals surface area contributed by atoms with Gasteiger partial charge in [0.25, 0.3) is 0 Å². The number of benzene rings is 11. The first kappa shape index (κ1) is 37.1. The summed E-state index contributed by atoms with van der Waals surface area (Å²) in [7, 11) is 0. The van der Waals surface area contributed by atoms with Gasteiger partial charge in [0.1, 0.15) is 22.3 Å². The average molecular weight is 829 g/mol. The molecule has 304 valence electrons. The minimum absolute atomic E-state index is 0.0149. The van der Waals surface area contributed by atoms with Gasteiger partial charge in [-0.15, -0.1) is 0 Å². The molecule has 0 atom stereocenters. The van der Waals surface area contributed by atoms with Gasteiger partial charge in [-0.1, -0.05) is 194 Å². The van der Waals surface area contributed by atoms with E-state index in [0.29, 0.717) is 0 Å². The molecule has 0 aliphatic carbocycles. The van der Waals surface area contributed by atoms with Crippen LogP contribution >= 0.6 is 0 Å². The van der Waals surface area contributed by atoms with Gasteiger partial charge >= 0.3 is 0 Å². The number of hydrogen-bond donors (Lipinski definition) is 0. The summed E-state index contributed by atoms with van der Waals surface area (Å²) in [6.45, 7) is 0. The predicted molar refractivity (Wildman–Crippen MR) is 272 cm³/mol. The molecule has 0 saturated heterocycles. The van der Waals surface area contributed by atoms with E-state index in [1.54, 1.807) is 0 Å². The van der Waals surface area contributed by atoms with Crippen LogP contribution < -0.4 is 0 Å². The van der Waals surface area contributed by atoms with Crippen molar-refractivity contribution in [2.45, 2.75) is 5.92 Å². The van der Waals surface area contributed by atoms with E-state index in [9.17, 15) is 0 Å². The molecule has 0 aliphatic rings. The van der Waals surface area contributed by atoms with Gasteiger partial charge < -0.3 is 8.83 Å². The third kappa shape index (κ3) is 6.41. The average Bonchev–Trinajstić information content (AvgIpc) is 3.96. The van der Waals surface area contributed by atoms with Gasteiger partial charge in [0.05, 0.1) is 0 Å². The number of hydrogen-bond acceptors (Lipinski definition) is 2. The molecule has 0 bridgehead atoms. The molecular formula is C63H40O2. The Kier molecular flexibility index (Phi) is 8.63. The Balaban J connectivity index is 0.882. The second-order valence-electron chi connectivity index (χ2n) is 17.2. The Bertz CT molecular complexity index is 3710. The zero-order valence-corrected chi connectivity index (χ0v) is 35.4. The molecule has 0 fully saturated rings. The van der Waals surface area contributed by atoms with Crippen molar-refractivity contribution < 1.29 is 8.83 Å². The third-order valence-electron chi connectivity index (χ3n) is 13.4. The van der Waals surface area contributed by atoms with E-state index in [4.69, 9.17) is 8.83 Å². The lowest BCUT2D eigenvalue weighted by Crippen LogP contribution is -2.03. The van der Waals surface area contributed by atoms with Gasteiger partial charge in [-0.05, 0) is 125 Å². The first-order chi connectivity index (χ1) is 32.2. The third-order valence-corrected chi connectivity index (χ3v) is 13.4. The van der Waals surface area contributed by atoms with Crippen LogP contribution in [0.25, 0.3) is 110 Å². The summed E-state index contributed by atoms with van der Waals surface area (Å²) >= 11 is 0. The second kappa shape index (κ2) is 15.1. The molecule has 0 aliphatic heterocycles. The highest BCUT2D eigenvalue weighted by molar-refractivity contribution is 6.20. The zero-order valence-electron chi connectivity index (χ0n) is 35.4. The van der Waals surface area contributed by atoms with Crippen LogP contribution in [0.1, 0.15) is 22.6 Å². The zero-order chi connectivity index (χ0) is 42.8. The molecule has 13 rings (SSSR count). The quantitative estimate of drug-likeness (QED) is 0.150. The summed E-state index contributed by atoms with van der Waals surface area (Å²) in [6.07, 6.45) is 0. The van der Waals surface area contributed by atoms with Crippen molar-refractivity contribution in [2.24, 2.45) is 0 Å². The maximum atomic E-state index is 6.34. The molecule has 2 heteroatoms. The highest BCUT2D eigenvalue weighted by atomic mass is 16.3. The van der Waals surface area contributed by atoms with Gasteiger partial charge in [0.15, 0.2) is 0 Å². The van der Waals surface area contributed by atoms with Crippen molar-refractivity contribution in [1.82, 2.24) is 0 Å². The summed E-state index contributed by atoms with van der Waals surface area (Å²) in [5, 5.41) is 9.47. The smallest absolute Gasteiger partial charge is 0.136 e. The fraction of sp³-hybridized carbons (Fsp3) is 0.0159. The van der Waals surface area contributed by atoms with E-state index in [0.717, 1.165) is 44.2 Å². The number of furan rings is 2. The second-order valence-corrected chi connectivity index (χ2v) is 17.2. The van der Waals surface area contributed by atoms with Crippen LogP contribution in [0.3, 0.4) is 0 Å². The van der Waals surface area contributed by atoms with Crippen LogP contribution in [-0.2, 0) is 0 Å². The molecule has 0 unspecified atom stereocenters. The van der Waals surface area contributed by atoms with Crippen molar-refractivity contribution >= 4 is 65.4 Å². The number of rotatable bonds is 7. The lowest BCUT2D eigenvalue weighted by Gasteiger charge is -2.20. The summed E-state index contributed by atoms with van der Waals surface area (Å²) in [6, 6.07) is 85.6. The minimum atomic E-state index is 0.0149. The van der Waals surface area contributed by atoms with Crippen molar-refractivity contribution in [3.63, 3.8) is 0 Å². The van der Waals surface area contributed by atoms with Gasteiger partial charge in [0.2, 0.25) is 0 Å². The number of fused-ring (bicyclic) bond motifs is 10. The molecule has 2 heterocycles. The van der Waals surface area contributed by atoms with Gasteiger partial charge in [-0.3, -0.25) is 0 Å². The summed E-state index contributed by atoms with van der Waals surface area (Å²) in [4.78, 5) is 0. The SMILES string of the molecule is c1ccc(-c2cccc(-c3ccc(C(c4ccc(-c5ccc6oc7ccc8ccccc8c7c6c5)cc4)c4ccc(-c5ccc6oc7ccc8ccccc8c7c6c5)cc4)cc3)c2)cc1. The van der Waals surface area contributed by atoms with Crippen LogP contribution in [0.15, 0.2) is 245 Å². The maximum absolute atomic E-state index is 6.34. The fourth-order valence-corrected chi connectivity index (χ4v) is 10.1. The standard InChI is InChI=1S/C63H40O2/c1-2-9-40(10-3-1)49-13-8-14-50(37-49)41-17-23-46(24-18-41)61(47-25-19-42(20-26-47)51-31-33-57-55(38-51)62-53-15-6-4-11-44(53)29-35-59(62)64-57)48-27-21-43(22-28-48)52-32-34-58-56(39-52)63-54-16-7-5-12-45(54)30-36-60(63)65-58/h1-39,61H. The summed E-state index contributed by atoms with van der Waals surface area (Å²) in [5.41, 5.74) is 16.9. The van der Waals surface area contributed by atoms with Crippen LogP contribution in [0.4, 0.5) is 0 Å². The Labute approximate surface area is 376 Å². The topological polar surface area (TPSA) is 26.3 Å². The molecule has 0 radical (unpaired) electrons. The van der Waals surface area contributed by atoms with E-state index in [1.165, 1.54) is 82.4 Å². The monoisotopic (exact) mass is 828 g/mol. The van der Waals surface area contributed by atoms with Gasteiger partial charge in [0, 0.05) is 27.5 Å². The molecule has 13 aromatic rings. The van der Waals surface area contributed by atoms with Crippen molar-refractivity contribution in [1.29, 1.82) is 0 Å². The molecule has 11 aromatic carbocycles. The Morgan fingerprint density at radius 3 is 1.05 bits per heavy atom. The van der Waals surface area contributed by atoms with Crippen molar-refractivity contribution in [3.05, 3.63) is 253 Å². The molecule has 65 heavy (non-hydrogen) atoms. The van der Waals surface area contributed by atoms with E-state index >= 15 is 0 Å². The van der Waals surface area contributed by atoms with E-state index in [1.807, 2.05) is 0 Å². The fourth-order valence-electron chi connectivity index (χ4n) is 10.1. The molecule has 2 nitrogen and oxygen atoms in total. The lowest BCUT2D eigenvalue weighted by atomic mass is 9.83. The van der Waals surface area contributed by atoms with Crippen molar-refractivity contribution in [3.8, 4) is 44.5 Å². The van der Waals surface area contributed by atoms with Crippen LogP contribution in [-0.4, -0.2) is 0 Å². The van der Waals surface area contributed by atoms with E-state index in [-0.39, 0.29) is 5.92 Å².